The maximum Gasteiger partial charge on any atom is 0.229 e. The van der Waals surface area contributed by atoms with Crippen LogP contribution in [0.5, 0.6) is 0 Å². The van der Waals surface area contributed by atoms with Gasteiger partial charge in [-0.1, -0.05) is 37.8 Å². The molecule has 4 rings (SSSR count). The topological polar surface area (TPSA) is 55.9 Å². The summed E-state index contributed by atoms with van der Waals surface area (Å²) in [5.41, 5.74) is 2.13. The number of hydrogen-bond acceptors (Lipinski definition) is 4. The van der Waals surface area contributed by atoms with Gasteiger partial charge in [-0.25, -0.2) is 0 Å². The van der Waals surface area contributed by atoms with E-state index in [0.717, 1.165) is 57.7 Å². The predicted octanol–water partition coefficient (Wildman–Crippen LogP) is 2.99. The van der Waals surface area contributed by atoms with E-state index in [-0.39, 0.29) is 17.7 Å². The molecule has 1 atom stereocenters. The summed E-state index contributed by atoms with van der Waals surface area (Å²) in [6, 6.07) is 8.56. The van der Waals surface area contributed by atoms with E-state index in [0.29, 0.717) is 19.0 Å². The standard InChI is InChI=1S/C25H38N4O2/c1-27-14-16-28(17-15-27)13-12-20-8-10-22(11-9-20)26-25(31)21-18-24(30)29(19-21)23-6-4-2-3-5-7-23/h8-11,21,23H,2-7,12-19H2,1H3,(H,26,31). The number of carbonyl (C=O) groups is 2. The van der Waals surface area contributed by atoms with Crippen molar-refractivity contribution in [2.24, 2.45) is 5.92 Å². The van der Waals surface area contributed by atoms with E-state index >= 15 is 0 Å². The molecule has 3 aliphatic rings. The van der Waals surface area contributed by atoms with Crippen LogP contribution < -0.4 is 5.32 Å². The number of piperazine rings is 1. The van der Waals surface area contributed by atoms with Crippen LogP contribution in [0.1, 0.15) is 50.5 Å². The van der Waals surface area contributed by atoms with E-state index in [9.17, 15) is 9.59 Å². The minimum atomic E-state index is -0.229. The quantitative estimate of drug-likeness (QED) is 0.711. The lowest BCUT2D eigenvalue weighted by atomic mass is 10.1. The molecule has 1 N–H and O–H groups in total. The summed E-state index contributed by atoms with van der Waals surface area (Å²) in [5, 5.41) is 3.04. The maximum absolute atomic E-state index is 12.8. The first-order valence-electron chi connectivity index (χ1n) is 12.2. The zero-order valence-corrected chi connectivity index (χ0v) is 19.0. The molecule has 2 aliphatic heterocycles. The molecule has 170 valence electrons. The maximum atomic E-state index is 12.8. The number of nitrogens with one attached hydrogen (secondary N) is 1. The zero-order valence-electron chi connectivity index (χ0n) is 19.0. The lowest BCUT2D eigenvalue weighted by molar-refractivity contribution is -0.130. The molecular formula is C25H38N4O2. The summed E-state index contributed by atoms with van der Waals surface area (Å²) in [6.45, 7) is 6.24. The van der Waals surface area contributed by atoms with Crippen LogP contribution in [0.3, 0.4) is 0 Å². The average molecular weight is 427 g/mol. The van der Waals surface area contributed by atoms with E-state index in [2.05, 4.69) is 34.3 Å². The predicted molar refractivity (Wildman–Crippen MR) is 124 cm³/mol. The van der Waals surface area contributed by atoms with Gasteiger partial charge in [0.1, 0.15) is 0 Å². The van der Waals surface area contributed by atoms with Crippen molar-refractivity contribution in [2.45, 2.75) is 57.4 Å². The Bertz CT molecular complexity index is 734. The van der Waals surface area contributed by atoms with E-state index < -0.39 is 0 Å². The molecule has 31 heavy (non-hydrogen) atoms. The highest BCUT2D eigenvalue weighted by Gasteiger charge is 2.37. The Morgan fingerprint density at radius 1 is 1.00 bits per heavy atom. The first kappa shape index (κ1) is 22.3. The molecule has 2 saturated heterocycles. The van der Waals surface area contributed by atoms with Crippen molar-refractivity contribution in [3.05, 3.63) is 29.8 Å². The monoisotopic (exact) mass is 426 g/mol. The zero-order chi connectivity index (χ0) is 21.6. The van der Waals surface area contributed by atoms with Crippen LogP contribution >= 0.6 is 0 Å². The van der Waals surface area contributed by atoms with Gasteiger partial charge >= 0.3 is 0 Å². The Balaban J connectivity index is 1.24. The lowest BCUT2D eigenvalue weighted by Gasteiger charge is -2.32. The van der Waals surface area contributed by atoms with Crippen LogP contribution in [0.25, 0.3) is 0 Å². The Kier molecular flexibility index (Phi) is 7.62. The summed E-state index contributed by atoms with van der Waals surface area (Å²) in [4.78, 5) is 32.3. The Hall–Kier alpha value is -1.92. The van der Waals surface area contributed by atoms with E-state index in [4.69, 9.17) is 0 Å². The van der Waals surface area contributed by atoms with Crippen LogP contribution in [0.2, 0.25) is 0 Å². The molecule has 6 heteroatoms. The lowest BCUT2D eigenvalue weighted by Crippen LogP contribution is -2.45. The van der Waals surface area contributed by atoms with Crippen LogP contribution in [0.4, 0.5) is 5.69 Å². The first-order chi connectivity index (χ1) is 15.1. The van der Waals surface area contributed by atoms with Gasteiger partial charge in [0.05, 0.1) is 5.92 Å². The SMILES string of the molecule is CN1CCN(CCc2ccc(NC(=O)C3CC(=O)N(C4CCCCCC4)C3)cc2)CC1. The fourth-order valence-electron chi connectivity index (χ4n) is 5.19. The molecule has 1 aromatic rings. The Morgan fingerprint density at radius 3 is 2.35 bits per heavy atom. The second kappa shape index (κ2) is 10.6. The fraction of sp³-hybridized carbons (Fsp3) is 0.680. The molecule has 1 unspecified atom stereocenters. The molecule has 2 amide bonds. The van der Waals surface area contributed by atoms with Crippen LogP contribution in [-0.4, -0.2) is 78.9 Å². The number of benzene rings is 1. The third-order valence-electron chi connectivity index (χ3n) is 7.33. The van der Waals surface area contributed by atoms with Gasteiger partial charge in [-0.3, -0.25) is 9.59 Å². The number of hydrogen-bond donors (Lipinski definition) is 1. The summed E-state index contributed by atoms with van der Waals surface area (Å²) in [7, 11) is 2.18. The van der Waals surface area contributed by atoms with E-state index in [1.54, 1.807) is 0 Å². The molecular weight excluding hydrogens is 388 g/mol. The molecule has 2 heterocycles. The third kappa shape index (κ3) is 6.07. The molecule has 0 aromatic heterocycles. The largest absolute Gasteiger partial charge is 0.339 e. The number of likely N-dealkylation sites (N-methyl/N-ethyl adjacent to an activating group) is 1. The fourth-order valence-corrected chi connectivity index (χ4v) is 5.19. The molecule has 3 fully saturated rings. The minimum Gasteiger partial charge on any atom is -0.339 e. The van der Waals surface area contributed by atoms with Crippen molar-refractivity contribution in [1.82, 2.24) is 14.7 Å². The highest BCUT2D eigenvalue weighted by Crippen LogP contribution is 2.28. The van der Waals surface area contributed by atoms with Crippen molar-refractivity contribution in [2.75, 3.05) is 51.6 Å². The van der Waals surface area contributed by atoms with Crippen LogP contribution in [0, 0.1) is 5.92 Å². The number of rotatable bonds is 6. The van der Waals surface area contributed by atoms with Crippen molar-refractivity contribution in [1.29, 1.82) is 0 Å². The van der Waals surface area contributed by atoms with Gasteiger partial charge in [0.15, 0.2) is 0 Å². The van der Waals surface area contributed by atoms with Crippen LogP contribution in [-0.2, 0) is 16.0 Å². The molecule has 0 spiro atoms. The first-order valence-corrected chi connectivity index (χ1v) is 12.2. The van der Waals surface area contributed by atoms with Crippen molar-refractivity contribution in [3.8, 4) is 0 Å². The Labute approximate surface area is 187 Å². The van der Waals surface area contributed by atoms with Gasteiger partial charge in [-0.2, -0.15) is 0 Å². The molecule has 0 radical (unpaired) electrons. The Morgan fingerprint density at radius 2 is 1.68 bits per heavy atom. The molecule has 1 aromatic carbocycles. The van der Waals surface area contributed by atoms with Gasteiger partial charge in [0.25, 0.3) is 0 Å². The number of carbonyl (C=O) groups excluding carboxylic acids is 2. The number of anilines is 1. The summed E-state index contributed by atoms with van der Waals surface area (Å²) >= 11 is 0. The van der Waals surface area contributed by atoms with Gasteiger partial charge in [0.2, 0.25) is 11.8 Å². The summed E-state index contributed by atoms with van der Waals surface area (Å²) in [6.07, 6.45) is 8.52. The molecule has 0 bridgehead atoms. The second-order valence-corrected chi connectivity index (χ2v) is 9.67. The van der Waals surface area contributed by atoms with Gasteiger partial charge < -0.3 is 20.0 Å². The van der Waals surface area contributed by atoms with Gasteiger partial charge in [-0.05, 0) is 44.0 Å². The molecule has 6 nitrogen and oxygen atoms in total. The third-order valence-corrected chi connectivity index (χ3v) is 7.33. The highest BCUT2D eigenvalue weighted by atomic mass is 16.2. The van der Waals surface area contributed by atoms with Crippen LogP contribution in [0.15, 0.2) is 24.3 Å². The van der Waals surface area contributed by atoms with Gasteiger partial charge in [0, 0.05) is 57.4 Å². The van der Waals surface area contributed by atoms with Crippen molar-refractivity contribution >= 4 is 17.5 Å². The molecule has 1 saturated carbocycles. The minimum absolute atomic E-state index is 0.0188. The normalized spacial score (nSPS) is 24.4. The van der Waals surface area contributed by atoms with Crippen molar-refractivity contribution < 1.29 is 9.59 Å². The number of nitrogens with zero attached hydrogens (tertiary/aromatic N) is 3. The smallest absolute Gasteiger partial charge is 0.229 e. The van der Waals surface area contributed by atoms with E-state index in [1.165, 1.54) is 31.2 Å². The summed E-state index contributed by atoms with van der Waals surface area (Å²) in [5.74, 6) is -0.0892. The van der Waals surface area contributed by atoms with Crippen molar-refractivity contribution in [3.63, 3.8) is 0 Å². The number of amides is 2. The average Bonchev–Trinajstić information content (AvgIpc) is 2.98. The van der Waals surface area contributed by atoms with Gasteiger partial charge in [-0.15, -0.1) is 0 Å². The van der Waals surface area contributed by atoms with E-state index in [1.807, 2.05) is 17.0 Å². The second-order valence-electron chi connectivity index (χ2n) is 9.67. The number of likely N-dealkylation sites (tertiary alicyclic amines) is 1. The molecule has 1 aliphatic carbocycles. The summed E-state index contributed by atoms with van der Waals surface area (Å²) < 4.78 is 0. The highest BCUT2D eigenvalue weighted by molar-refractivity contribution is 5.97.